The van der Waals surface area contributed by atoms with Crippen LogP contribution in [0.3, 0.4) is 0 Å². The molecule has 0 bridgehead atoms. The zero-order valence-corrected chi connectivity index (χ0v) is 17.3. The summed E-state index contributed by atoms with van der Waals surface area (Å²) < 4.78 is 5.99. The summed E-state index contributed by atoms with van der Waals surface area (Å²) in [6, 6.07) is 17.7. The number of aliphatic imine (C=N–C) groups is 1. The van der Waals surface area contributed by atoms with E-state index in [1.54, 1.807) is 25.1 Å². The number of hydrogen-bond acceptors (Lipinski definition) is 7. The number of methoxy groups -OCH3 is 1. The number of halogens is 1. The van der Waals surface area contributed by atoms with Gasteiger partial charge in [0.2, 0.25) is 5.13 Å². The number of nitrogens with zero attached hydrogens (tertiary/aromatic N) is 4. The van der Waals surface area contributed by atoms with E-state index in [0.29, 0.717) is 16.0 Å². The molecule has 2 aromatic carbocycles. The van der Waals surface area contributed by atoms with Crippen LogP contribution in [-0.4, -0.2) is 28.5 Å². The van der Waals surface area contributed by atoms with Gasteiger partial charge in [-0.2, -0.15) is 0 Å². The minimum Gasteiger partial charge on any atom is -0.497 e. The maximum Gasteiger partial charge on any atom is 0.232 e. The van der Waals surface area contributed by atoms with Crippen LogP contribution in [0.15, 0.2) is 63.9 Å². The zero-order valence-electron chi connectivity index (χ0n) is 14.9. The third-order valence-corrected chi connectivity index (χ3v) is 6.28. The predicted octanol–water partition coefficient (Wildman–Crippen LogP) is 5.79. The highest BCUT2D eigenvalue weighted by Gasteiger charge is 2.08. The van der Waals surface area contributed by atoms with E-state index in [1.807, 2.05) is 48.5 Å². The first-order chi connectivity index (χ1) is 13.7. The Balaban J connectivity index is 1.42. The normalized spacial score (nSPS) is 11.4. The highest BCUT2D eigenvalue weighted by molar-refractivity contribution is 8.00. The van der Waals surface area contributed by atoms with Gasteiger partial charge in [0, 0.05) is 22.9 Å². The fourth-order valence-corrected chi connectivity index (χ4v) is 4.46. The van der Waals surface area contributed by atoms with Crippen molar-refractivity contribution in [3.63, 3.8) is 0 Å². The van der Waals surface area contributed by atoms with Crippen LogP contribution in [0.4, 0.5) is 5.13 Å². The van der Waals surface area contributed by atoms with Gasteiger partial charge in [0.05, 0.1) is 12.6 Å². The Labute approximate surface area is 175 Å². The molecule has 140 valence electrons. The molecule has 0 saturated carbocycles. The maximum atomic E-state index is 6.32. The first kappa shape index (κ1) is 18.9. The van der Waals surface area contributed by atoms with Gasteiger partial charge in [0.15, 0.2) is 4.34 Å². The lowest BCUT2D eigenvalue weighted by Gasteiger charge is -2.04. The van der Waals surface area contributed by atoms with E-state index in [4.69, 9.17) is 16.3 Å². The Kier molecular flexibility index (Phi) is 5.85. The van der Waals surface area contributed by atoms with E-state index < -0.39 is 0 Å². The molecule has 5 nitrogen and oxygen atoms in total. The van der Waals surface area contributed by atoms with Gasteiger partial charge in [-0.15, -0.1) is 10.2 Å². The Morgan fingerprint density at radius 2 is 1.96 bits per heavy atom. The molecule has 0 radical (unpaired) electrons. The number of thioether (sulfide) groups is 1. The monoisotopic (exact) mass is 426 g/mol. The molecule has 0 unspecified atom stereocenters. The summed E-state index contributed by atoms with van der Waals surface area (Å²) in [5.74, 6) is 1.49. The van der Waals surface area contributed by atoms with Crippen molar-refractivity contribution in [3.8, 4) is 5.75 Å². The van der Waals surface area contributed by atoms with E-state index in [2.05, 4.69) is 26.2 Å². The lowest BCUT2D eigenvalue weighted by atomic mass is 10.2. The SMILES string of the molecule is COc1ccc(/C=N/c2nnc(SCc3cc4ccccc4nc3Cl)s2)cc1. The van der Waals surface area contributed by atoms with Crippen molar-refractivity contribution < 1.29 is 4.74 Å². The molecule has 0 atom stereocenters. The Hall–Kier alpha value is -2.48. The number of pyridine rings is 1. The van der Waals surface area contributed by atoms with Gasteiger partial charge < -0.3 is 4.74 Å². The fourth-order valence-electron chi connectivity index (χ4n) is 2.51. The maximum absolute atomic E-state index is 6.32. The molecule has 0 fully saturated rings. The van der Waals surface area contributed by atoms with Gasteiger partial charge in [0.1, 0.15) is 10.9 Å². The number of fused-ring (bicyclic) bond motifs is 1. The van der Waals surface area contributed by atoms with Gasteiger partial charge in [-0.1, -0.05) is 52.9 Å². The molecule has 4 rings (SSSR count). The van der Waals surface area contributed by atoms with Crippen molar-refractivity contribution >= 4 is 56.9 Å². The minimum atomic E-state index is 0.522. The third-order valence-electron chi connectivity index (χ3n) is 3.94. The molecule has 0 aliphatic rings. The molecule has 2 heterocycles. The van der Waals surface area contributed by atoms with E-state index in [-0.39, 0.29) is 0 Å². The number of aromatic nitrogens is 3. The summed E-state index contributed by atoms with van der Waals surface area (Å²) in [7, 11) is 1.64. The van der Waals surface area contributed by atoms with Crippen LogP contribution in [0.25, 0.3) is 10.9 Å². The van der Waals surface area contributed by atoms with Gasteiger partial charge in [0.25, 0.3) is 0 Å². The number of rotatable bonds is 6. The third kappa shape index (κ3) is 4.49. The van der Waals surface area contributed by atoms with E-state index in [9.17, 15) is 0 Å². The zero-order chi connectivity index (χ0) is 19.3. The highest BCUT2D eigenvalue weighted by atomic mass is 35.5. The molecule has 2 aromatic heterocycles. The topological polar surface area (TPSA) is 60.3 Å². The van der Waals surface area contributed by atoms with Crippen LogP contribution in [0, 0.1) is 0 Å². The molecular weight excluding hydrogens is 412 g/mol. The largest absolute Gasteiger partial charge is 0.497 e. The van der Waals surface area contributed by atoms with Crippen LogP contribution >= 0.6 is 34.7 Å². The molecule has 0 aliphatic heterocycles. The van der Waals surface area contributed by atoms with Crippen LogP contribution in [0.2, 0.25) is 5.15 Å². The molecule has 0 spiro atoms. The van der Waals surface area contributed by atoms with Crippen LogP contribution in [0.5, 0.6) is 5.75 Å². The Bertz CT molecular complexity index is 1130. The van der Waals surface area contributed by atoms with Crippen molar-refractivity contribution in [1.29, 1.82) is 0 Å². The van der Waals surface area contributed by atoms with Crippen molar-refractivity contribution in [2.75, 3.05) is 7.11 Å². The number of ether oxygens (including phenoxy) is 1. The second kappa shape index (κ2) is 8.68. The summed E-state index contributed by atoms with van der Waals surface area (Å²) in [4.78, 5) is 8.85. The number of hydrogen-bond donors (Lipinski definition) is 0. The quantitative estimate of drug-likeness (QED) is 0.222. The Morgan fingerprint density at radius 1 is 1.14 bits per heavy atom. The smallest absolute Gasteiger partial charge is 0.232 e. The first-order valence-corrected chi connectivity index (χ1v) is 10.6. The van der Waals surface area contributed by atoms with Crippen molar-refractivity contribution in [1.82, 2.24) is 15.2 Å². The molecule has 0 saturated heterocycles. The van der Waals surface area contributed by atoms with Crippen LogP contribution in [0.1, 0.15) is 11.1 Å². The number of benzene rings is 2. The van der Waals surface area contributed by atoms with Gasteiger partial charge in [-0.05, 0) is 42.0 Å². The van der Waals surface area contributed by atoms with Crippen molar-refractivity contribution in [3.05, 3.63) is 70.9 Å². The predicted molar refractivity (Wildman–Crippen MR) is 116 cm³/mol. The molecule has 0 amide bonds. The van der Waals surface area contributed by atoms with E-state index in [1.165, 1.54) is 11.3 Å². The fraction of sp³-hybridized carbons (Fsp3) is 0.100. The molecule has 0 N–H and O–H groups in total. The second-order valence-corrected chi connectivity index (χ2v) is 8.34. The van der Waals surface area contributed by atoms with Gasteiger partial charge >= 0.3 is 0 Å². The van der Waals surface area contributed by atoms with Crippen molar-refractivity contribution in [2.24, 2.45) is 4.99 Å². The summed E-state index contributed by atoms with van der Waals surface area (Å²) in [5, 5.41) is 10.5. The standard InChI is InChI=1S/C20H15ClN4OS2/c1-26-16-8-6-13(7-9-16)11-22-19-24-25-20(28-19)27-12-15-10-14-4-2-3-5-17(14)23-18(15)21/h2-11H,12H2,1H3/b22-11+. The Morgan fingerprint density at radius 3 is 2.79 bits per heavy atom. The minimum absolute atomic E-state index is 0.522. The summed E-state index contributed by atoms with van der Waals surface area (Å²) in [6.45, 7) is 0. The average Bonchev–Trinajstić information content (AvgIpc) is 3.19. The van der Waals surface area contributed by atoms with Crippen LogP contribution < -0.4 is 4.74 Å². The van der Waals surface area contributed by atoms with E-state index in [0.717, 1.165) is 32.1 Å². The van der Waals surface area contributed by atoms with Crippen molar-refractivity contribution in [2.45, 2.75) is 10.1 Å². The molecule has 4 aromatic rings. The van der Waals surface area contributed by atoms with Gasteiger partial charge in [-0.25, -0.2) is 9.98 Å². The highest BCUT2D eigenvalue weighted by Crippen LogP contribution is 2.32. The molecule has 28 heavy (non-hydrogen) atoms. The second-order valence-electron chi connectivity index (χ2n) is 5.80. The van der Waals surface area contributed by atoms with Crippen LogP contribution in [-0.2, 0) is 5.75 Å². The lowest BCUT2D eigenvalue weighted by molar-refractivity contribution is 0.415. The lowest BCUT2D eigenvalue weighted by Crippen LogP contribution is -1.88. The molecule has 8 heteroatoms. The molecular formula is C20H15ClN4OS2. The summed E-state index contributed by atoms with van der Waals surface area (Å²) >= 11 is 9.34. The summed E-state index contributed by atoms with van der Waals surface area (Å²) in [5.41, 5.74) is 2.84. The van der Waals surface area contributed by atoms with Gasteiger partial charge in [-0.3, -0.25) is 0 Å². The molecule has 0 aliphatic carbocycles. The summed E-state index contributed by atoms with van der Waals surface area (Å²) in [6.07, 6.45) is 1.76. The van der Waals surface area contributed by atoms with E-state index >= 15 is 0 Å². The number of para-hydroxylation sites is 1. The first-order valence-electron chi connectivity index (χ1n) is 8.40. The average molecular weight is 427 g/mol.